The highest BCUT2D eigenvalue weighted by Crippen LogP contribution is 2.60. The predicted molar refractivity (Wildman–Crippen MR) is 93.6 cm³/mol. The van der Waals surface area contributed by atoms with Crippen molar-refractivity contribution in [1.82, 2.24) is 5.16 Å². The molecule has 0 unspecified atom stereocenters. The SMILES string of the molecule is CC(C)(C(=O)Nc1cc(C2(CO)CC2)no1)S(O)(O)C1=CCOCC1. The molecule has 0 saturated heterocycles. The Labute approximate surface area is 147 Å². The molecule has 3 rings (SSSR count). The second-order valence-electron chi connectivity index (χ2n) is 7.02. The normalized spacial score (nSPS) is 20.8. The summed E-state index contributed by atoms with van der Waals surface area (Å²) in [5.74, 6) is -0.444. The average molecular weight is 372 g/mol. The fraction of sp³-hybridized carbons (Fsp3) is 0.625. The summed E-state index contributed by atoms with van der Waals surface area (Å²) in [7, 11) is -3.33. The van der Waals surface area contributed by atoms with Gasteiger partial charge in [-0.3, -0.25) is 19.2 Å². The minimum Gasteiger partial charge on any atom is -0.395 e. The lowest BCUT2D eigenvalue weighted by Gasteiger charge is -2.47. The topological polar surface area (TPSA) is 125 Å². The Bertz CT molecular complexity index is 693. The molecule has 1 fully saturated rings. The minimum absolute atomic E-state index is 0.0187. The molecule has 2 heterocycles. The van der Waals surface area contributed by atoms with E-state index in [4.69, 9.17) is 9.26 Å². The van der Waals surface area contributed by atoms with Crippen molar-refractivity contribution in [2.24, 2.45) is 0 Å². The molecule has 1 saturated carbocycles. The molecular weight excluding hydrogens is 348 g/mol. The van der Waals surface area contributed by atoms with Gasteiger partial charge in [-0.2, -0.15) is 10.6 Å². The van der Waals surface area contributed by atoms with Crippen molar-refractivity contribution in [3.63, 3.8) is 0 Å². The van der Waals surface area contributed by atoms with Gasteiger partial charge in [-0.1, -0.05) is 5.16 Å². The molecule has 1 aliphatic carbocycles. The zero-order valence-electron chi connectivity index (χ0n) is 14.3. The van der Waals surface area contributed by atoms with Crippen LogP contribution in [0.2, 0.25) is 0 Å². The molecule has 0 radical (unpaired) electrons. The quantitative estimate of drug-likeness (QED) is 0.604. The number of anilines is 1. The number of aliphatic hydroxyl groups is 1. The van der Waals surface area contributed by atoms with E-state index >= 15 is 0 Å². The second-order valence-corrected chi connectivity index (χ2v) is 9.67. The third-order valence-corrected chi connectivity index (χ3v) is 7.70. The van der Waals surface area contributed by atoms with Crippen molar-refractivity contribution < 1.29 is 28.3 Å². The molecular formula is C16H24N2O6S. The van der Waals surface area contributed by atoms with Crippen LogP contribution in [0.1, 0.15) is 38.8 Å². The Hall–Kier alpha value is -1.39. The number of rotatable bonds is 6. The number of ether oxygens (including phenoxy) is 1. The fourth-order valence-corrected chi connectivity index (χ4v) is 4.35. The Kier molecular flexibility index (Phi) is 4.71. The summed E-state index contributed by atoms with van der Waals surface area (Å²) in [6.07, 6.45) is 3.65. The van der Waals surface area contributed by atoms with E-state index in [0.717, 1.165) is 12.8 Å². The van der Waals surface area contributed by atoms with E-state index in [2.05, 4.69) is 10.5 Å². The molecule has 1 aliphatic heterocycles. The number of aliphatic hydroxyl groups excluding tert-OH is 1. The summed E-state index contributed by atoms with van der Waals surface area (Å²) >= 11 is 0. The van der Waals surface area contributed by atoms with E-state index in [-0.39, 0.29) is 17.9 Å². The Morgan fingerprint density at radius 1 is 1.44 bits per heavy atom. The van der Waals surface area contributed by atoms with Gasteiger partial charge in [0.2, 0.25) is 5.88 Å². The maximum Gasteiger partial charge on any atom is 0.252 e. The summed E-state index contributed by atoms with van der Waals surface area (Å²) in [5.41, 5.74) is 0.236. The highest BCUT2D eigenvalue weighted by Gasteiger charge is 2.47. The molecule has 8 nitrogen and oxygen atoms in total. The maximum atomic E-state index is 12.7. The lowest BCUT2D eigenvalue weighted by molar-refractivity contribution is -0.118. The van der Waals surface area contributed by atoms with Crippen LogP contribution in [0.5, 0.6) is 0 Å². The van der Waals surface area contributed by atoms with Crippen LogP contribution in [0.3, 0.4) is 0 Å². The zero-order valence-corrected chi connectivity index (χ0v) is 15.1. The van der Waals surface area contributed by atoms with Gasteiger partial charge < -0.3 is 14.4 Å². The molecule has 9 heteroatoms. The van der Waals surface area contributed by atoms with Gasteiger partial charge in [-0.25, -0.2) is 0 Å². The highest BCUT2D eigenvalue weighted by molar-refractivity contribution is 8.29. The van der Waals surface area contributed by atoms with Gasteiger partial charge in [-0.05, 0) is 32.8 Å². The van der Waals surface area contributed by atoms with Gasteiger partial charge in [0.05, 0.1) is 25.5 Å². The molecule has 4 N–H and O–H groups in total. The van der Waals surface area contributed by atoms with Crippen LogP contribution >= 0.6 is 10.6 Å². The Balaban J connectivity index is 1.74. The first-order chi connectivity index (χ1) is 11.7. The van der Waals surface area contributed by atoms with Crippen LogP contribution < -0.4 is 5.32 Å². The largest absolute Gasteiger partial charge is 0.395 e. The number of amides is 1. The smallest absolute Gasteiger partial charge is 0.252 e. The molecule has 1 aromatic heterocycles. The number of hydrogen-bond donors (Lipinski definition) is 4. The number of nitrogens with zero attached hydrogens (tertiary/aromatic N) is 1. The van der Waals surface area contributed by atoms with Gasteiger partial charge in [0.15, 0.2) is 0 Å². The minimum atomic E-state index is -3.33. The molecule has 2 aliphatic rings. The third kappa shape index (κ3) is 3.22. The first kappa shape index (κ1) is 18.4. The summed E-state index contributed by atoms with van der Waals surface area (Å²) < 4.78 is 30.2. The molecule has 1 amide bonds. The van der Waals surface area contributed by atoms with Crippen LogP contribution in [-0.4, -0.2) is 49.8 Å². The second kappa shape index (κ2) is 6.40. The Morgan fingerprint density at radius 2 is 2.16 bits per heavy atom. The van der Waals surface area contributed by atoms with Crippen LogP contribution in [0, 0.1) is 0 Å². The maximum absolute atomic E-state index is 12.7. The van der Waals surface area contributed by atoms with Crippen molar-refractivity contribution in [3.05, 3.63) is 22.7 Å². The number of aromatic nitrogens is 1. The predicted octanol–water partition coefficient (Wildman–Crippen LogP) is 2.47. The van der Waals surface area contributed by atoms with Gasteiger partial charge >= 0.3 is 0 Å². The number of carbonyl (C=O) groups excluding carboxylic acids is 1. The van der Waals surface area contributed by atoms with E-state index in [1.165, 1.54) is 13.8 Å². The molecule has 0 spiro atoms. The summed E-state index contributed by atoms with van der Waals surface area (Å²) in [4.78, 5) is 13.1. The van der Waals surface area contributed by atoms with Crippen LogP contribution in [0.4, 0.5) is 5.88 Å². The molecule has 1 aromatic rings. The number of nitrogens with one attached hydrogen (secondary N) is 1. The van der Waals surface area contributed by atoms with E-state index in [1.54, 1.807) is 12.1 Å². The monoisotopic (exact) mass is 372 g/mol. The van der Waals surface area contributed by atoms with E-state index in [1.807, 2.05) is 0 Å². The van der Waals surface area contributed by atoms with E-state index < -0.39 is 21.2 Å². The van der Waals surface area contributed by atoms with E-state index in [9.17, 15) is 19.0 Å². The summed E-state index contributed by atoms with van der Waals surface area (Å²) in [6, 6.07) is 1.58. The van der Waals surface area contributed by atoms with Crippen molar-refractivity contribution >= 4 is 22.4 Å². The van der Waals surface area contributed by atoms with Crippen molar-refractivity contribution in [2.75, 3.05) is 25.1 Å². The van der Waals surface area contributed by atoms with Crippen molar-refractivity contribution in [3.8, 4) is 0 Å². The molecule has 140 valence electrons. The fourth-order valence-electron chi connectivity index (χ4n) is 2.72. The van der Waals surface area contributed by atoms with Gasteiger partial charge in [0.25, 0.3) is 5.91 Å². The highest BCUT2D eigenvalue weighted by atomic mass is 32.3. The average Bonchev–Trinajstić information content (AvgIpc) is 3.27. The molecule has 25 heavy (non-hydrogen) atoms. The first-order valence-corrected chi connectivity index (χ1v) is 9.72. The zero-order chi connectivity index (χ0) is 18.3. The van der Waals surface area contributed by atoms with Crippen molar-refractivity contribution in [2.45, 2.75) is 43.3 Å². The van der Waals surface area contributed by atoms with Crippen LogP contribution in [0.25, 0.3) is 0 Å². The standard InChI is InChI=1S/C16H24N2O6S/c1-15(2,25(21,22)11-3-7-23-8-4-11)14(20)17-13-9-12(18-24-13)16(10-19)5-6-16/h3,9,19,21-22H,4-8,10H2,1-2H3,(H,17,20). The third-order valence-electron chi connectivity index (χ3n) is 4.99. The Morgan fingerprint density at radius 3 is 2.72 bits per heavy atom. The van der Waals surface area contributed by atoms with Crippen LogP contribution in [-0.2, 0) is 14.9 Å². The molecule has 0 bridgehead atoms. The lowest BCUT2D eigenvalue weighted by Crippen LogP contribution is -2.42. The van der Waals surface area contributed by atoms with Gasteiger partial charge in [0, 0.05) is 22.8 Å². The van der Waals surface area contributed by atoms with Crippen molar-refractivity contribution in [1.29, 1.82) is 0 Å². The summed E-state index contributed by atoms with van der Waals surface area (Å²) in [6.45, 7) is 3.66. The first-order valence-electron chi connectivity index (χ1n) is 8.17. The number of carbonyl (C=O) groups is 1. The van der Waals surface area contributed by atoms with Gasteiger partial charge in [-0.15, -0.1) is 0 Å². The summed E-state index contributed by atoms with van der Waals surface area (Å²) in [5, 5.41) is 15.9. The molecule has 0 aromatic carbocycles. The number of hydrogen-bond acceptors (Lipinski definition) is 7. The van der Waals surface area contributed by atoms with E-state index in [0.29, 0.717) is 30.2 Å². The van der Waals surface area contributed by atoms with Crippen LogP contribution in [0.15, 0.2) is 21.6 Å². The van der Waals surface area contributed by atoms with Gasteiger partial charge in [0.1, 0.15) is 4.75 Å². The lowest BCUT2D eigenvalue weighted by atomic mass is 10.0. The molecule has 0 atom stereocenters.